The summed E-state index contributed by atoms with van der Waals surface area (Å²) < 4.78 is 2.09. The number of hydrogen-bond donors (Lipinski definition) is 3. The number of benzene rings is 1. The summed E-state index contributed by atoms with van der Waals surface area (Å²) >= 11 is 0. The number of aliphatic hydroxyl groups excluding tert-OH is 1. The molecule has 1 aliphatic heterocycles. The lowest BCUT2D eigenvalue weighted by Gasteiger charge is -2.19. The average molecular weight is 326 g/mol. The molecule has 0 saturated carbocycles. The van der Waals surface area contributed by atoms with Crippen molar-refractivity contribution in [2.75, 3.05) is 13.2 Å². The lowest BCUT2D eigenvalue weighted by Crippen LogP contribution is -2.39. The van der Waals surface area contributed by atoms with Crippen LogP contribution in [0.3, 0.4) is 0 Å². The minimum absolute atomic E-state index is 0.180. The lowest BCUT2D eigenvalue weighted by atomic mass is 10.1. The van der Waals surface area contributed by atoms with Gasteiger partial charge in [0.1, 0.15) is 5.82 Å². The largest absolute Gasteiger partial charge is 0.394 e. The number of imidazole rings is 1. The molecule has 0 spiro atoms. The fraction of sp³-hybridized carbons (Fsp3) is 0.333. The van der Waals surface area contributed by atoms with Crippen molar-refractivity contribution >= 4 is 5.91 Å². The van der Waals surface area contributed by atoms with Crippen LogP contribution in [-0.4, -0.2) is 39.8 Å². The molecule has 1 aromatic carbocycles. The molecule has 3 rings (SSSR count). The van der Waals surface area contributed by atoms with Crippen molar-refractivity contribution in [3.8, 4) is 11.4 Å². The standard InChI is InChI=1S/C18H22N4O2/c1-12(2)14(11-23)20-18(24)16-15-10-19-8-9-22(15)17(21-16)13-6-4-3-5-7-13/h3-7,14,19,23H,1,8-11H2,2H3,(H,20,24)/t14-/m0/s1. The van der Waals surface area contributed by atoms with E-state index >= 15 is 0 Å². The van der Waals surface area contributed by atoms with Gasteiger partial charge in [0, 0.05) is 25.2 Å². The van der Waals surface area contributed by atoms with Crippen molar-refractivity contribution in [3.05, 3.63) is 53.9 Å². The van der Waals surface area contributed by atoms with Gasteiger partial charge in [-0.25, -0.2) is 4.98 Å². The summed E-state index contributed by atoms with van der Waals surface area (Å²) in [4.78, 5) is 17.3. The molecule has 0 fully saturated rings. The van der Waals surface area contributed by atoms with Crippen LogP contribution in [0.4, 0.5) is 0 Å². The number of rotatable bonds is 5. The quantitative estimate of drug-likeness (QED) is 0.724. The third-order valence-electron chi connectivity index (χ3n) is 4.21. The highest BCUT2D eigenvalue weighted by atomic mass is 16.3. The topological polar surface area (TPSA) is 79.2 Å². The van der Waals surface area contributed by atoms with Crippen LogP contribution >= 0.6 is 0 Å². The first-order valence-electron chi connectivity index (χ1n) is 8.04. The van der Waals surface area contributed by atoms with E-state index in [0.717, 1.165) is 30.2 Å². The molecule has 0 aliphatic carbocycles. The highest BCUT2D eigenvalue weighted by Crippen LogP contribution is 2.24. The van der Waals surface area contributed by atoms with Crippen molar-refractivity contribution in [2.24, 2.45) is 0 Å². The van der Waals surface area contributed by atoms with Crippen molar-refractivity contribution in [2.45, 2.75) is 26.1 Å². The Morgan fingerprint density at radius 1 is 1.46 bits per heavy atom. The summed E-state index contributed by atoms with van der Waals surface area (Å²) in [7, 11) is 0. The highest BCUT2D eigenvalue weighted by molar-refractivity contribution is 5.94. The predicted molar refractivity (Wildman–Crippen MR) is 92.5 cm³/mol. The van der Waals surface area contributed by atoms with E-state index in [9.17, 15) is 9.90 Å². The maximum atomic E-state index is 12.7. The molecule has 126 valence electrons. The first kappa shape index (κ1) is 16.4. The van der Waals surface area contributed by atoms with Gasteiger partial charge in [-0.05, 0) is 6.92 Å². The van der Waals surface area contributed by atoms with Crippen LogP contribution in [0, 0.1) is 0 Å². The Hall–Kier alpha value is -2.44. The second kappa shape index (κ2) is 6.98. The minimum Gasteiger partial charge on any atom is -0.394 e. The second-order valence-electron chi connectivity index (χ2n) is 5.98. The minimum atomic E-state index is -0.466. The van der Waals surface area contributed by atoms with E-state index in [1.807, 2.05) is 30.3 Å². The number of hydrogen-bond acceptors (Lipinski definition) is 4. The third-order valence-corrected chi connectivity index (χ3v) is 4.21. The monoisotopic (exact) mass is 326 g/mol. The molecule has 0 radical (unpaired) electrons. The SMILES string of the molecule is C=C(C)[C@H](CO)NC(=O)c1nc(-c2ccccc2)n2c1CNCC2. The number of carbonyl (C=O) groups is 1. The molecule has 1 amide bonds. The Kier molecular flexibility index (Phi) is 4.78. The lowest BCUT2D eigenvalue weighted by molar-refractivity contribution is 0.0920. The number of nitrogens with one attached hydrogen (secondary N) is 2. The average Bonchev–Trinajstić information content (AvgIpc) is 3.00. The van der Waals surface area contributed by atoms with Crippen LogP contribution in [0.2, 0.25) is 0 Å². The van der Waals surface area contributed by atoms with Crippen molar-refractivity contribution < 1.29 is 9.90 Å². The van der Waals surface area contributed by atoms with Gasteiger partial charge >= 0.3 is 0 Å². The number of aliphatic hydroxyl groups is 1. The molecule has 24 heavy (non-hydrogen) atoms. The van der Waals surface area contributed by atoms with Crippen molar-refractivity contribution in [1.29, 1.82) is 0 Å². The number of amides is 1. The third kappa shape index (κ3) is 3.11. The van der Waals surface area contributed by atoms with Gasteiger partial charge in [-0.3, -0.25) is 4.79 Å². The van der Waals surface area contributed by atoms with Gasteiger partial charge in [0.25, 0.3) is 5.91 Å². The van der Waals surface area contributed by atoms with Gasteiger partial charge in [0.15, 0.2) is 5.69 Å². The summed E-state index contributed by atoms with van der Waals surface area (Å²) in [5.41, 5.74) is 2.97. The predicted octanol–water partition coefficient (Wildman–Crippen LogP) is 1.32. The fourth-order valence-corrected chi connectivity index (χ4v) is 2.84. The Morgan fingerprint density at radius 3 is 2.88 bits per heavy atom. The molecule has 0 saturated heterocycles. The molecule has 6 heteroatoms. The summed E-state index contributed by atoms with van der Waals surface area (Å²) in [5, 5.41) is 15.5. The van der Waals surface area contributed by atoms with Crippen LogP contribution in [0.5, 0.6) is 0 Å². The second-order valence-corrected chi connectivity index (χ2v) is 5.98. The van der Waals surface area contributed by atoms with Crippen LogP contribution in [0.25, 0.3) is 11.4 Å². The zero-order valence-electron chi connectivity index (χ0n) is 13.7. The summed E-state index contributed by atoms with van der Waals surface area (Å²) in [6, 6.07) is 9.39. The molecular weight excluding hydrogens is 304 g/mol. The van der Waals surface area contributed by atoms with E-state index in [1.165, 1.54) is 0 Å². The normalized spacial score (nSPS) is 14.8. The van der Waals surface area contributed by atoms with Crippen LogP contribution in [0.15, 0.2) is 42.5 Å². The van der Waals surface area contributed by atoms with Gasteiger partial charge in [0.05, 0.1) is 18.3 Å². The van der Waals surface area contributed by atoms with Crippen LogP contribution < -0.4 is 10.6 Å². The zero-order valence-corrected chi connectivity index (χ0v) is 13.7. The van der Waals surface area contributed by atoms with Crippen LogP contribution in [0.1, 0.15) is 23.1 Å². The summed E-state index contributed by atoms with van der Waals surface area (Å²) in [5.74, 6) is 0.514. The molecule has 3 N–H and O–H groups in total. The van der Waals surface area contributed by atoms with E-state index in [-0.39, 0.29) is 12.5 Å². The molecule has 2 aromatic rings. The van der Waals surface area contributed by atoms with E-state index < -0.39 is 6.04 Å². The maximum Gasteiger partial charge on any atom is 0.272 e. The van der Waals surface area contributed by atoms with Gasteiger partial charge in [0.2, 0.25) is 0 Å². The number of fused-ring (bicyclic) bond motifs is 1. The number of aromatic nitrogens is 2. The molecule has 6 nitrogen and oxygen atoms in total. The van der Waals surface area contributed by atoms with E-state index in [4.69, 9.17) is 0 Å². The molecule has 0 unspecified atom stereocenters. The van der Waals surface area contributed by atoms with Gasteiger partial charge < -0.3 is 20.3 Å². The Morgan fingerprint density at radius 2 is 2.21 bits per heavy atom. The first-order chi connectivity index (χ1) is 11.6. The zero-order chi connectivity index (χ0) is 17.1. The Bertz CT molecular complexity index is 752. The maximum absolute atomic E-state index is 12.7. The van der Waals surface area contributed by atoms with Crippen molar-refractivity contribution in [1.82, 2.24) is 20.2 Å². The van der Waals surface area contributed by atoms with Gasteiger partial charge in [-0.2, -0.15) is 0 Å². The van der Waals surface area contributed by atoms with Crippen LogP contribution in [-0.2, 0) is 13.1 Å². The molecule has 1 atom stereocenters. The van der Waals surface area contributed by atoms with Gasteiger partial charge in [-0.1, -0.05) is 42.5 Å². The summed E-state index contributed by atoms with van der Waals surface area (Å²) in [6.45, 7) is 7.61. The molecule has 0 bridgehead atoms. The van der Waals surface area contributed by atoms with Crippen molar-refractivity contribution in [3.63, 3.8) is 0 Å². The molecule has 1 aromatic heterocycles. The first-order valence-corrected chi connectivity index (χ1v) is 8.04. The molecular formula is C18H22N4O2. The fourth-order valence-electron chi connectivity index (χ4n) is 2.84. The Balaban J connectivity index is 1.98. The Labute approximate surface area is 141 Å². The smallest absolute Gasteiger partial charge is 0.272 e. The van der Waals surface area contributed by atoms with E-state index in [0.29, 0.717) is 17.8 Å². The summed E-state index contributed by atoms with van der Waals surface area (Å²) in [6.07, 6.45) is 0. The molecule has 1 aliphatic rings. The number of carbonyl (C=O) groups excluding carboxylic acids is 1. The van der Waals surface area contributed by atoms with E-state index in [2.05, 4.69) is 26.8 Å². The van der Waals surface area contributed by atoms with Gasteiger partial charge in [-0.15, -0.1) is 0 Å². The molecule has 2 heterocycles. The number of nitrogens with zero attached hydrogens (tertiary/aromatic N) is 2. The highest BCUT2D eigenvalue weighted by Gasteiger charge is 2.26. The van der Waals surface area contributed by atoms with E-state index in [1.54, 1.807) is 6.92 Å².